The van der Waals surface area contributed by atoms with Crippen LogP contribution in [-0.2, 0) is 5.54 Å². The van der Waals surface area contributed by atoms with Crippen LogP contribution in [0.15, 0.2) is 18.2 Å². The lowest BCUT2D eigenvalue weighted by atomic mass is 9.82. The lowest BCUT2D eigenvalue weighted by molar-refractivity contribution is 0.226. The average Bonchev–Trinajstić information content (AvgIpc) is 2.06. The highest BCUT2D eigenvalue weighted by molar-refractivity contribution is 5.28. The van der Waals surface area contributed by atoms with Crippen LogP contribution in [0, 0.1) is 11.6 Å². The molecule has 0 saturated carbocycles. The Labute approximate surface area is 75.8 Å². The van der Waals surface area contributed by atoms with E-state index >= 15 is 0 Å². The van der Waals surface area contributed by atoms with E-state index < -0.39 is 11.6 Å². The van der Waals surface area contributed by atoms with Crippen LogP contribution in [0.4, 0.5) is 8.78 Å². The molecule has 1 nitrogen and oxygen atoms in total. The van der Waals surface area contributed by atoms with E-state index in [2.05, 4.69) is 5.32 Å². The van der Waals surface area contributed by atoms with Crippen molar-refractivity contribution in [3.05, 3.63) is 35.4 Å². The highest BCUT2D eigenvalue weighted by Gasteiger charge is 2.35. The normalized spacial score (nSPS) is 27.0. The highest BCUT2D eigenvalue weighted by Crippen LogP contribution is 2.32. The first-order chi connectivity index (χ1) is 6.13. The highest BCUT2D eigenvalue weighted by atomic mass is 19.2. The van der Waals surface area contributed by atoms with Crippen molar-refractivity contribution in [2.75, 3.05) is 6.54 Å². The second-order valence-corrected chi connectivity index (χ2v) is 3.61. The van der Waals surface area contributed by atoms with E-state index in [1.165, 1.54) is 0 Å². The van der Waals surface area contributed by atoms with Gasteiger partial charge in [-0.25, -0.2) is 8.78 Å². The van der Waals surface area contributed by atoms with Crippen LogP contribution in [0.25, 0.3) is 0 Å². The Hall–Kier alpha value is -0.960. The van der Waals surface area contributed by atoms with Gasteiger partial charge in [-0.15, -0.1) is 0 Å². The maximum absolute atomic E-state index is 13.3. The van der Waals surface area contributed by atoms with Gasteiger partial charge in [0, 0.05) is 11.1 Å². The summed E-state index contributed by atoms with van der Waals surface area (Å²) in [5.74, 6) is -1.50. The second kappa shape index (κ2) is 2.77. The Balaban J connectivity index is 2.45. The molecule has 1 unspecified atom stereocenters. The molecule has 0 radical (unpaired) electrons. The van der Waals surface area contributed by atoms with Crippen molar-refractivity contribution in [3.63, 3.8) is 0 Å². The van der Waals surface area contributed by atoms with Crippen molar-refractivity contribution >= 4 is 0 Å². The van der Waals surface area contributed by atoms with Crippen LogP contribution < -0.4 is 5.32 Å². The summed E-state index contributed by atoms with van der Waals surface area (Å²) in [5, 5.41) is 3.10. The van der Waals surface area contributed by atoms with Crippen molar-refractivity contribution < 1.29 is 8.78 Å². The van der Waals surface area contributed by atoms with E-state index in [1.807, 2.05) is 6.92 Å². The van der Waals surface area contributed by atoms with Crippen molar-refractivity contribution in [2.45, 2.75) is 18.9 Å². The molecule has 1 aliphatic rings. The molecule has 0 aromatic heterocycles. The lowest BCUT2D eigenvalue weighted by Gasteiger charge is -2.40. The monoisotopic (exact) mass is 183 g/mol. The van der Waals surface area contributed by atoms with Crippen molar-refractivity contribution in [2.24, 2.45) is 0 Å². The Morgan fingerprint density at radius 1 is 1.38 bits per heavy atom. The molecule has 1 N–H and O–H groups in total. The van der Waals surface area contributed by atoms with Gasteiger partial charge >= 0.3 is 0 Å². The van der Waals surface area contributed by atoms with Gasteiger partial charge in [0.25, 0.3) is 0 Å². The molecule has 0 amide bonds. The third-order valence-electron chi connectivity index (χ3n) is 2.69. The predicted octanol–water partition coefficient (Wildman–Crippen LogP) is 2.17. The number of benzene rings is 1. The first kappa shape index (κ1) is 8.63. The van der Waals surface area contributed by atoms with Gasteiger partial charge in [0.05, 0.1) is 0 Å². The number of halogens is 2. The first-order valence-electron chi connectivity index (χ1n) is 4.33. The minimum atomic E-state index is -0.771. The summed E-state index contributed by atoms with van der Waals surface area (Å²) in [6, 6.07) is 4.31. The maximum atomic E-state index is 13.3. The standard InChI is InChI=1S/C10H11F2N/c1-10(5-6-13-10)7-3-2-4-8(11)9(7)12/h2-4,13H,5-6H2,1H3. The molecule has 0 aliphatic carbocycles. The fourth-order valence-electron chi connectivity index (χ4n) is 1.66. The summed E-state index contributed by atoms with van der Waals surface area (Å²) < 4.78 is 26.2. The van der Waals surface area contributed by atoms with E-state index in [0.29, 0.717) is 5.56 Å². The van der Waals surface area contributed by atoms with Crippen LogP contribution in [-0.4, -0.2) is 6.54 Å². The van der Waals surface area contributed by atoms with Crippen LogP contribution in [0.1, 0.15) is 18.9 Å². The topological polar surface area (TPSA) is 12.0 Å². The zero-order chi connectivity index (χ0) is 9.47. The summed E-state index contributed by atoms with van der Waals surface area (Å²) in [6.07, 6.45) is 0.855. The van der Waals surface area contributed by atoms with E-state index in [-0.39, 0.29) is 5.54 Å². The summed E-state index contributed by atoms with van der Waals surface area (Å²) in [6.45, 7) is 2.75. The summed E-state index contributed by atoms with van der Waals surface area (Å²) in [4.78, 5) is 0. The van der Waals surface area contributed by atoms with Crippen molar-refractivity contribution in [3.8, 4) is 0 Å². The average molecular weight is 183 g/mol. The summed E-state index contributed by atoms with van der Waals surface area (Å²) >= 11 is 0. The van der Waals surface area contributed by atoms with Gasteiger partial charge in [-0.3, -0.25) is 0 Å². The van der Waals surface area contributed by atoms with Gasteiger partial charge in [0.2, 0.25) is 0 Å². The molecule has 1 atom stereocenters. The maximum Gasteiger partial charge on any atom is 0.163 e. The Kier molecular flexibility index (Phi) is 1.84. The zero-order valence-corrected chi connectivity index (χ0v) is 7.40. The molecule has 1 saturated heterocycles. The van der Waals surface area contributed by atoms with Gasteiger partial charge < -0.3 is 5.32 Å². The van der Waals surface area contributed by atoms with E-state index in [0.717, 1.165) is 19.0 Å². The molecule has 2 rings (SSSR count). The van der Waals surface area contributed by atoms with E-state index in [9.17, 15) is 8.78 Å². The fourth-order valence-corrected chi connectivity index (χ4v) is 1.66. The molecule has 1 aromatic carbocycles. The van der Waals surface area contributed by atoms with Gasteiger partial charge in [0.15, 0.2) is 11.6 Å². The zero-order valence-electron chi connectivity index (χ0n) is 7.40. The largest absolute Gasteiger partial charge is 0.307 e. The molecule has 13 heavy (non-hydrogen) atoms. The molecular weight excluding hydrogens is 172 g/mol. The van der Waals surface area contributed by atoms with E-state index in [1.54, 1.807) is 12.1 Å². The van der Waals surface area contributed by atoms with E-state index in [4.69, 9.17) is 0 Å². The van der Waals surface area contributed by atoms with Gasteiger partial charge in [-0.2, -0.15) is 0 Å². The molecule has 70 valence electrons. The van der Waals surface area contributed by atoms with Crippen LogP contribution >= 0.6 is 0 Å². The van der Waals surface area contributed by atoms with Crippen LogP contribution in [0.3, 0.4) is 0 Å². The molecule has 1 aliphatic heterocycles. The molecule has 1 fully saturated rings. The Morgan fingerprint density at radius 3 is 2.62 bits per heavy atom. The molecule has 1 heterocycles. The van der Waals surface area contributed by atoms with Gasteiger partial charge in [0.1, 0.15) is 0 Å². The smallest absolute Gasteiger partial charge is 0.163 e. The first-order valence-corrected chi connectivity index (χ1v) is 4.33. The third kappa shape index (κ3) is 1.23. The Bertz CT molecular complexity index is 332. The predicted molar refractivity (Wildman–Crippen MR) is 46.3 cm³/mol. The fraction of sp³-hybridized carbons (Fsp3) is 0.400. The molecule has 0 bridgehead atoms. The second-order valence-electron chi connectivity index (χ2n) is 3.61. The third-order valence-corrected chi connectivity index (χ3v) is 2.69. The number of rotatable bonds is 1. The number of hydrogen-bond acceptors (Lipinski definition) is 1. The molecule has 0 spiro atoms. The van der Waals surface area contributed by atoms with Crippen LogP contribution in [0.2, 0.25) is 0 Å². The quantitative estimate of drug-likeness (QED) is 0.703. The SMILES string of the molecule is CC1(c2cccc(F)c2F)CCN1. The summed E-state index contributed by atoms with van der Waals surface area (Å²) in [5.41, 5.74) is 0.0605. The summed E-state index contributed by atoms with van der Waals surface area (Å²) in [7, 11) is 0. The molecule has 1 aromatic rings. The van der Waals surface area contributed by atoms with Crippen molar-refractivity contribution in [1.29, 1.82) is 0 Å². The minimum absolute atomic E-state index is 0.369. The Morgan fingerprint density at radius 2 is 2.08 bits per heavy atom. The lowest BCUT2D eigenvalue weighted by Crippen LogP contribution is -2.52. The van der Waals surface area contributed by atoms with Gasteiger partial charge in [-0.05, 0) is 26.0 Å². The number of hydrogen-bond donors (Lipinski definition) is 1. The molecular formula is C10H11F2N. The number of nitrogens with one attached hydrogen (secondary N) is 1. The van der Waals surface area contributed by atoms with Gasteiger partial charge in [-0.1, -0.05) is 12.1 Å². The minimum Gasteiger partial charge on any atom is -0.307 e. The van der Waals surface area contributed by atoms with Crippen LogP contribution in [0.5, 0.6) is 0 Å². The molecule has 3 heteroatoms. The van der Waals surface area contributed by atoms with Crippen molar-refractivity contribution in [1.82, 2.24) is 5.32 Å².